The summed E-state index contributed by atoms with van der Waals surface area (Å²) in [5.41, 5.74) is -0.236. The fourth-order valence-corrected chi connectivity index (χ4v) is 1.27. The molecule has 72 valence electrons. The van der Waals surface area contributed by atoms with E-state index in [-0.39, 0.29) is 17.4 Å². The number of carbonyl (C=O) groups excluding carboxylic acids is 1. The van der Waals surface area contributed by atoms with Crippen LogP contribution >= 0.6 is 0 Å². The third-order valence-corrected chi connectivity index (χ3v) is 1.99. The number of hydrogen-bond acceptors (Lipinski definition) is 3. The van der Waals surface area contributed by atoms with Gasteiger partial charge in [0.05, 0.1) is 0 Å². The van der Waals surface area contributed by atoms with Crippen molar-refractivity contribution in [1.29, 1.82) is 0 Å². The molecule has 0 fully saturated rings. The number of H-pyrrole nitrogens is 1. The van der Waals surface area contributed by atoms with E-state index >= 15 is 0 Å². The summed E-state index contributed by atoms with van der Waals surface area (Å²) in [6.45, 7) is 3.76. The molecule has 0 bridgehead atoms. The highest BCUT2D eigenvalue weighted by Gasteiger charge is 2.13. The van der Waals surface area contributed by atoms with Crippen molar-refractivity contribution in [3.05, 3.63) is 22.2 Å². The number of aromatic amines is 1. The molecule has 0 saturated heterocycles. The molecule has 0 aliphatic carbocycles. The van der Waals surface area contributed by atoms with Gasteiger partial charge in [0.15, 0.2) is 0 Å². The first kappa shape index (κ1) is 9.77. The van der Waals surface area contributed by atoms with E-state index in [0.29, 0.717) is 12.2 Å². The predicted molar refractivity (Wildman–Crippen MR) is 47.6 cm³/mol. The average Bonchev–Trinajstić information content (AvgIpc) is 2.51. The van der Waals surface area contributed by atoms with Crippen molar-refractivity contribution in [1.82, 2.24) is 5.16 Å². The molecule has 0 aliphatic heterocycles. The van der Waals surface area contributed by atoms with Gasteiger partial charge in [0.25, 0.3) is 5.56 Å². The molecule has 0 aromatic carbocycles. The van der Waals surface area contributed by atoms with Gasteiger partial charge in [-0.05, 0) is 6.42 Å². The van der Waals surface area contributed by atoms with Crippen molar-refractivity contribution < 1.29 is 9.32 Å². The molecular formula is C9H13NO3. The maximum absolute atomic E-state index is 10.7. The Labute approximate surface area is 75.9 Å². The molecule has 0 saturated carbocycles. The summed E-state index contributed by atoms with van der Waals surface area (Å²) >= 11 is 0. The van der Waals surface area contributed by atoms with Crippen molar-refractivity contribution in [3.63, 3.8) is 0 Å². The number of carbonyl (C=O) groups is 1. The topological polar surface area (TPSA) is 63.1 Å². The van der Waals surface area contributed by atoms with Crippen LogP contribution in [0.15, 0.2) is 15.4 Å². The highest BCUT2D eigenvalue weighted by atomic mass is 16.5. The Hall–Kier alpha value is -1.32. The van der Waals surface area contributed by atoms with E-state index in [2.05, 4.69) is 5.16 Å². The van der Waals surface area contributed by atoms with E-state index in [4.69, 9.17) is 4.52 Å². The second kappa shape index (κ2) is 4.07. The number of aldehydes is 1. The lowest BCUT2D eigenvalue weighted by atomic mass is 9.96. The largest absolute Gasteiger partial charge is 0.383 e. The highest BCUT2D eigenvalue weighted by Crippen LogP contribution is 2.20. The minimum Gasteiger partial charge on any atom is -0.383 e. The summed E-state index contributed by atoms with van der Waals surface area (Å²) in [4.78, 5) is 21.1. The first-order valence-corrected chi connectivity index (χ1v) is 4.27. The SMILES string of the molecule is CC(C=O)CC(C)c1cc(=O)[nH]o1. The van der Waals surface area contributed by atoms with Gasteiger partial charge in [-0.2, -0.15) is 5.16 Å². The number of aromatic nitrogens is 1. The summed E-state index contributed by atoms with van der Waals surface area (Å²) in [7, 11) is 0. The molecule has 1 rings (SSSR count). The molecule has 2 atom stereocenters. The normalized spacial score (nSPS) is 15.2. The molecule has 1 heterocycles. The van der Waals surface area contributed by atoms with Crippen LogP contribution in [0.1, 0.15) is 31.9 Å². The summed E-state index contributed by atoms with van der Waals surface area (Å²) in [6, 6.07) is 1.42. The lowest BCUT2D eigenvalue weighted by Gasteiger charge is -2.08. The molecule has 0 aliphatic rings. The molecule has 4 nitrogen and oxygen atoms in total. The smallest absolute Gasteiger partial charge is 0.280 e. The Morgan fingerprint density at radius 3 is 2.77 bits per heavy atom. The van der Waals surface area contributed by atoms with Crippen molar-refractivity contribution in [2.75, 3.05) is 0 Å². The van der Waals surface area contributed by atoms with Gasteiger partial charge >= 0.3 is 0 Å². The van der Waals surface area contributed by atoms with Gasteiger partial charge in [0.1, 0.15) is 12.0 Å². The molecule has 1 N–H and O–H groups in total. The van der Waals surface area contributed by atoms with Gasteiger partial charge < -0.3 is 9.32 Å². The van der Waals surface area contributed by atoms with Crippen molar-refractivity contribution in [2.24, 2.45) is 5.92 Å². The van der Waals surface area contributed by atoms with Crippen LogP contribution in [0, 0.1) is 5.92 Å². The second-order valence-electron chi connectivity index (χ2n) is 3.37. The Morgan fingerprint density at radius 1 is 1.62 bits per heavy atom. The van der Waals surface area contributed by atoms with Gasteiger partial charge in [0, 0.05) is 17.9 Å². The monoisotopic (exact) mass is 183 g/mol. The van der Waals surface area contributed by atoms with E-state index in [1.807, 2.05) is 13.8 Å². The molecule has 0 amide bonds. The quantitative estimate of drug-likeness (QED) is 0.715. The van der Waals surface area contributed by atoms with Crippen LogP contribution in [0.5, 0.6) is 0 Å². The minimum absolute atomic E-state index is 0.00444. The van der Waals surface area contributed by atoms with Crippen LogP contribution in [0.2, 0.25) is 0 Å². The Balaban J connectivity index is 2.63. The van der Waals surface area contributed by atoms with Gasteiger partial charge in [-0.25, -0.2) is 0 Å². The van der Waals surface area contributed by atoms with E-state index in [9.17, 15) is 9.59 Å². The number of nitrogens with one attached hydrogen (secondary N) is 1. The van der Waals surface area contributed by atoms with E-state index in [1.54, 1.807) is 0 Å². The van der Waals surface area contributed by atoms with Gasteiger partial charge in [0.2, 0.25) is 0 Å². The molecular weight excluding hydrogens is 170 g/mol. The lowest BCUT2D eigenvalue weighted by Crippen LogP contribution is -2.02. The summed E-state index contributed by atoms with van der Waals surface area (Å²) in [5.74, 6) is 0.702. The van der Waals surface area contributed by atoms with E-state index in [1.165, 1.54) is 6.07 Å². The van der Waals surface area contributed by atoms with Crippen LogP contribution in [-0.2, 0) is 4.79 Å². The maximum Gasteiger partial charge on any atom is 0.280 e. The molecule has 0 radical (unpaired) electrons. The zero-order valence-corrected chi connectivity index (χ0v) is 7.74. The van der Waals surface area contributed by atoms with Crippen LogP contribution in [0.25, 0.3) is 0 Å². The van der Waals surface area contributed by atoms with Crippen LogP contribution in [0.4, 0.5) is 0 Å². The first-order chi connectivity index (χ1) is 6.13. The average molecular weight is 183 g/mol. The van der Waals surface area contributed by atoms with Crippen LogP contribution < -0.4 is 5.56 Å². The molecule has 0 spiro atoms. The Kier molecular flexibility index (Phi) is 3.06. The molecule has 1 aromatic rings. The summed E-state index contributed by atoms with van der Waals surface area (Å²) in [6.07, 6.45) is 1.60. The minimum atomic E-state index is -0.236. The zero-order chi connectivity index (χ0) is 9.84. The fraction of sp³-hybridized carbons (Fsp3) is 0.556. The first-order valence-electron chi connectivity index (χ1n) is 4.27. The Morgan fingerprint density at radius 2 is 2.31 bits per heavy atom. The van der Waals surface area contributed by atoms with E-state index in [0.717, 1.165) is 6.29 Å². The molecule has 4 heteroatoms. The Bertz CT molecular complexity index is 326. The fourth-order valence-electron chi connectivity index (χ4n) is 1.27. The van der Waals surface area contributed by atoms with Gasteiger partial charge in [-0.15, -0.1) is 0 Å². The van der Waals surface area contributed by atoms with Crippen LogP contribution in [0.3, 0.4) is 0 Å². The number of rotatable bonds is 4. The zero-order valence-electron chi connectivity index (χ0n) is 7.74. The molecule has 13 heavy (non-hydrogen) atoms. The van der Waals surface area contributed by atoms with Gasteiger partial charge in [-0.1, -0.05) is 13.8 Å². The molecule has 1 aromatic heterocycles. The highest BCUT2D eigenvalue weighted by molar-refractivity contribution is 5.52. The third kappa shape index (κ3) is 2.57. The second-order valence-corrected chi connectivity index (χ2v) is 3.37. The maximum atomic E-state index is 10.7. The van der Waals surface area contributed by atoms with E-state index < -0.39 is 0 Å². The summed E-state index contributed by atoms with van der Waals surface area (Å²) in [5, 5.41) is 2.22. The van der Waals surface area contributed by atoms with Crippen molar-refractivity contribution in [3.8, 4) is 0 Å². The lowest BCUT2D eigenvalue weighted by molar-refractivity contribution is -0.110. The van der Waals surface area contributed by atoms with Crippen molar-refractivity contribution in [2.45, 2.75) is 26.2 Å². The van der Waals surface area contributed by atoms with Gasteiger partial charge in [-0.3, -0.25) is 4.79 Å². The standard InChI is InChI=1S/C9H13NO3/c1-6(5-11)3-7(2)8-4-9(12)10-13-8/h4-7H,3H2,1-2H3,(H,10,12). The number of hydrogen-bond donors (Lipinski definition) is 1. The predicted octanol–water partition coefficient (Wildman–Crippen LogP) is 1.30. The summed E-state index contributed by atoms with van der Waals surface area (Å²) < 4.78 is 4.92. The molecule has 2 unspecified atom stereocenters. The van der Waals surface area contributed by atoms with Crippen molar-refractivity contribution >= 4 is 6.29 Å². The third-order valence-electron chi connectivity index (χ3n) is 1.99. The van der Waals surface area contributed by atoms with Crippen LogP contribution in [-0.4, -0.2) is 11.4 Å².